The van der Waals surface area contributed by atoms with Crippen molar-refractivity contribution in [3.05, 3.63) is 84.4 Å². The number of anilines is 2. The molecule has 0 bridgehead atoms. The lowest BCUT2D eigenvalue weighted by molar-refractivity contribution is -0.124. The van der Waals surface area contributed by atoms with E-state index < -0.39 is 12.0 Å². The van der Waals surface area contributed by atoms with Gasteiger partial charge in [0.15, 0.2) is 0 Å². The molecule has 164 valence electrons. The standard InChI is InChI=1S/C26H26N2O4/c1-27(19-7-5-4-6-8-19)26(30)23-17-24(29)28(20-11-15-22(32-3)16-12-20)25(23)18-9-13-21(31-2)14-10-18/h4-16,23,25H,17H2,1-3H3/t23-,25+/m0/s1. The van der Waals surface area contributed by atoms with Gasteiger partial charge in [-0.2, -0.15) is 0 Å². The van der Waals surface area contributed by atoms with Crippen molar-refractivity contribution in [3.8, 4) is 11.5 Å². The van der Waals surface area contributed by atoms with Gasteiger partial charge in [-0.1, -0.05) is 30.3 Å². The molecule has 2 atom stereocenters. The van der Waals surface area contributed by atoms with E-state index in [4.69, 9.17) is 9.47 Å². The lowest BCUT2D eigenvalue weighted by atomic mass is 9.92. The fourth-order valence-electron chi connectivity index (χ4n) is 4.21. The summed E-state index contributed by atoms with van der Waals surface area (Å²) in [7, 11) is 4.96. The molecule has 3 aromatic rings. The van der Waals surface area contributed by atoms with Crippen LogP contribution in [0.1, 0.15) is 18.0 Å². The number of hydrogen-bond donors (Lipinski definition) is 0. The minimum Gasteiger partial charge on any atom is -0.497 e. The Bertz CT molecular complexity index is 1080. The molecule has 1 saturated heterocycles. The lowest BCUT2D eigenvalue weighted by Crippen LogP contribution is -2.37. The van der Waals surface area contributed by atoms with Crippen LogP contribution in [0.4, 0.5) is 11.4 Å². The van der Waals surface area contributed by atoms with Crippen molar-refractivity contribution in [1.82, 2.24) is 0 Å². The van der Waals surface area contributed by atoms with Gasteiger partial charge >= 0.3 is 0 Å². The number of benzene rings is 3. The average Bonchev–Trinajstić information content (AvgIpc) is 3.20. The van der Waals surface area contributed by atoms with Crippen LogP contribution in [0.2, 0.25) is 0 Å². The first-order valence-corrected chi connectivity index (χ1v) is 10.5. The van der Waals surface area contributed by atoms with Gasteiger partial charge in [0.1, 0.15) is 11.5 Å². The fraction of sp³-hybridized carbons (Fsp3) is 0.231. The van der Waals surface area contributed by atoms with E-state index in [2.05, 4.69) is 0 Å². The van der Waals surface area contributed by atoms with E-state index in [1.807, 2.05) is 78.9 Å². The third-order valence-corrected chi connectivity index (χ3v) is 5.92. The average molecular weight is 431 g/mol. The Kier molecular flexibility index (Phi) is 6.12. The molecule has 4 rings (SSSR count). The largest absolute Gasteiger partial charge is 0.497 e. The molecule has 6 heteroatoms. The summed E-state index contributed by atoms with van der Waals surface area (Å²) >= 11 is 0. The lowest BCUT2D eigenvalue weighted by Gasteiger charge is -2.30. The van der Waals surface area contributed by atoms with Gasteiger partial charge in [0, 0.05) is 24.8 Å². The normalized spacial score (nSPS) is 17.8. The third-order valence-electron chi connectivity index (χ3n) is 5.92. The highest BCUT2D eigenvalue weighted by Crippen LogP contribution is 2.43. The molecule has 0 radical (unpaired) electrons. The van der Waals surface area contributed by atoms with Crippen LogP contribution in [0.25, 0.3) is 0 Å². The number of para-hydroxylation sites is 1. The molecule has 0 spiro atoms. The van der Waals surface area contributed by atoms with Gasteiger partial charge in [-0.15, -0.1) is 0 Å². The number of carbonyl (C=O) groups excluding carboxylic acids is 2. The number of nitrogens with zero attached hydrogens (tertiary/aromatic N) is 2. The summed E-state index contributed by atoms with van der Waals surface area (Å²) < 4.78 is 10.5. The van der Waals surface area contributed by atoms with Gasteiger partial charge in [0.05, 0.1) is 26.2 Å². The number of amides is 2. The molecule has 1 aliphatic heterocycles. The predicted octanol–water partition coefficient (Wildman–Crippen LogP) is 4.46. The van der Waals surface area contributed by atoms with Crippen LogP contribution in [-0.4, -0.2) is 33.1 Å². The maximum atomic E-state index is 13.6. The van der Waals surface area contributed by atoms with Crippen molar-refractivity contribution in [3.63, 3.8) is 0 Å². The van der Waals surface area contributed by atoms with E-state index in [0.29, 0.717) is 5.75 Å². The van der Waals surface area contributed by atoms with E-state index >= 15 is 0 Å². The van der Waals surface area contributed by atoms with E-state index in [1.165, 1.54) is 0 Å². The first kappa shape index (κ1) is 21.4. The van der Waals surface area contributed by atoms with E-state index in [-0.39, 0.29) is 18.2 Å². The van der Waals surface area contributed by atoms with Gasteiger partial charge in [-0.3, -0.25) is 9.59 Å². The smallest absolute Gasteiger partial charge is 0.232 e. The quantitative estimate of drug-likeness (QED) is 0.579. The molecule has 1 aliphatic rings. The van der Waals surface area contributed by atoms with Gasteiger partial charge in [-0.25, -0.2) is 0 Å². The fourth-order valence-corrected chi connectivity index (χ4v) is 4.21. The zero-order chi connectivity index (χ0) is 22.7. The summed E-state index contributed by atoms with van der Waals surface area (Å²) in [5.41, 5.74) is 2.41. The summed E-state index contributed by atoms with van der Waals surface area (Å²) in [4.78, 5) is 30.1. The minimum absolute atomic E-state index is 0.0872. The van der Waals surface area contributed by atoms with Crippen LogP contribution in [0.3, 0.4) is 0 Å². The van der Waals surface area contributed by atoms with Gasteiger partial charge < -0.3 is 19.3 Å². The van der Waals surface area contributed by atoms with Crippen molar-refractivity contribution < 1.29 is 19.1 Å². The van der Waals surface area contributed by atoms with Crippen LogP contribution in [0.15, 0.2) is 78.9 Å². The Morgan fingerprint density at radius 1 is 0.875 bits per heavy atom. The second-order valence-corrected chi connectivity index (χ2v) is 7.72. The maximum Gasteiger partial charge on any atom is 0.232 e. The molecule has 6 nitrogen and oxygen atoms in total. The van der Waals surface area contributed by atoms with E-state index in [9.17, 15) is 9.59 Å². The monoisotopic (exact) mass is 430 g/mol. The summed E-state index contributed by atoms with van der Waals surface area (Å²) in [6.07, 6.45) is 0.138. The second kappa shape index (κ2) is 9.14. The van der Waals surface area contributed by atoms with Crippen LogP contribution in [0.5, 0.6) is 11.5 Å². The summed E-state index contributed by atoms with van der Waals surface area (Å²) in [6, 6.07) is 23.9. The first-order chi connectivity index (χ1) is 15.5. The molecule has 0 aliphatic carbocycles. The summed E-state index contributed by atoms with van der Waals surface area (Å²) in [6.45, 7) is 0. The summed E-state index contributed by atoms with van der Waals surface area (Å²) in [5.74, 6) is 0.719. The first-order valence-electron chi connectivity index (χ1n) is 10.5. The molecular weight excluding hydrogens is 404 g/mol. The number of ether oxygens (including phenoxy) is 2. The number of hydrogen-bond acceptors (Lipinski definition) is 4. The van der Waals surface area contributed by atoms with Crippen molar-refractivity contribution in [2.45, 2.75) is 12.5 Å². The Balaban J connectivity index is 1.74. The Labute approximate surface area is 188 Å². The molecule has 32 heavy (non-hydrogen) atoms. The molecule has 0 unspecified atom stereocenters. The maximum absolute atomic E-state index is 13.6. The highest BCUT2D eigenvalue weighted by molar-refractivity contribution is 6.05. The molecular formula is C26H26N2O4. The van der Waals surface area contributed by atoms with Crippen LogP contribution >= 0.6 is 0 Å². The number of carbonyl (C=O) groups is 2. The molecule has 0 aromatic heterocycles. The minimum atomic E-state index is -0.525. The Morgan fingerprint density at radius 3 is 2.00 bits per heavy atom. The molecule has 3 aromatic carbocycles. The number of methoxy groups -OCH3 is 2. The third kappa shape index (κ3) is 4.04. The van der Waals surface area contributed by atoms with Crippen molar-refractivity contribution in [2.24, 2.45) is 5.92 Å². The zero-order valence-electron chi connectivity index (χ0n) is 18.4. The molecule has 1 heterocycles. The second-order valence-electron chi connectivity index (χ2n) is 7.72. The molecule has 1 fully saturated rings. The molecule has 2 amide bonds. The van der Waals surface area contributed by atoms with Gasteiger partial charge in [0.25, 0.3) is 0 Å². The van der Waals surface area contributed by atoms with E-state index in [0.717, 1.165) is 22.7 Å². The zero-order valence-corrected chi connectivity index (χ0v) is 18.4. The van der Waals surface area contributed by atoms with Gasteiger partial charge in [0.2, 0.25) is 11.8 Å². The van der Waals surface area contributed by atoms with Gasteiger partial charge in [-0.05, 0) is 54.1 Å². The van der Waals surface area contributed by atoms with E-state index in [1.54, 1.807) is 31.1 Å². The van der Waals surface area contributed by atoms with Crippen LogP contribution in [0, 0.1) is 5.92 Å². The van der Waals surface area contributed by atoms with Crippen molar-refractivity contribution in [1.29, 1.82) is 0 Å². The highest BCUT2D eigenvalue weighted by atomic mass is 16.5. The predicted molar refractivity (Wildman–Crippen MR) is 124 cm³/mol. The van der Waals surface area contributed by atoms with Crippen LogP contribution < -0.4 is 19.3 Å². The van der Waals surface area contributed by atoms with Crippen LogP contribution in [-0.2, 0) is 9.59 Å². The SMILES string of the molecule is COc1ccc([C@@H]2[C@@H](C(=O)N(C)c3ccccc3)CC(=O)N2c2ccc(OC)cc2)cc1. The molecule has 0 saturated carbocycles. The topological polar surface area (TPSA) is 59.1 Å². The summed E-state index contributed by atoms with van der Waals surface area (Å²) in [5, 5.41) is 0. The van der Waals surface area contributed by atoms with Crippen molar-refractivity contribution in [2.75, 3.05) is 31.1 Å². The number of rotatable bonds is 6. The Hall–Kier alpha value is -3.80. The Morgan fingerprint density at radius 2 is 1.44 bits per heavy atom. The highest BCUT2D eigenvalue weighted by Gasteiger charge is 2.46. The molecule has 0 N–H and O–H groups in total. The van der Waals surface area contributed by atoms with Crippen molar-refractivity contribution >= 4 is 23.2 Å².